The number of methoxy groups -OCH3 is 1. The van der Waals surface area contributed by atoms with Gasteiger partial charge >= 0.3 is 11.8 Å². The van der Waals surface area contributed by atoms with Crippen molar-refractivity contribution in [2.24, 2.45) is 0 Å². The Labute approximate surface area is 141 Å². The third kappa shape index (κ3) is 3.25. The van der Waals surface area contributed by atoms with Gasteiger partial charge in [0, 0.05) is 13.1 Å². The van der Waals surface area contributed by atoms with E-state index in [1.807, 2.05) is 31.2 Å². The number of anilines is 1. The Hall–Kier alpha value is -2.82. The van der Waals surface area contributed by atoms with Gasteiger partial charge in [0.15, 0.2) is 0 Å². The van der Waals surface area contributed by atoms with Crippen LogP contribution in [0.15, 0.2) is 42.5 Å². The zero-order valence-electron chi connectivity index (χ0n) is 13.8. The number of aryl methyl sites for hydroxylation is 1. The first-order valence-electron chi connectivity index (χ1n) is 7.90. The van der Waals surface area contributed by atoms with E-state index in [-0.39, 0.29) is 0 Å². The lowest BCUT2D eigenvalue weighted by atomic mass is 10.00. The molecule has 0 saturated heterocycles. The lowest BCUT2D eigenvalue weighted by Crippen LogP contribution is -2.42. The summed E-state index contributed by atoms with van der Waals surface area (Å²) in [5, 5.41) is 2.67. The fourth-order valence-corrected chi connectivity index (χ4v) is 2.91. The number of carbonyl (C=O) groups excluding carboxylic acids is 2. The van der Waals surface area contributed by atoms with E-state index in [0.717, 1.165) is 17.5 Å². The van der Waals surface area contributed by atoms with Crippen LogP contribution >= 0.6 is 0 Å². The highest BCUT2D eigenvalue weighted by atomic mass is 16.5. The van der Waals surface area contributed by atoms with E-state index in [0.29, 0.717) is 24.5 Å². The fourth-order valence-electron chi connectivity index (χ4n) is 2.91. The van der Waals surface area contributed by atoms with Gasteiger partial charge in [-0.05, 0) is 42.2 Å². The number of rotatable bonds is 2. The predicted molar refractivity (Wildman–Crippen MR) is 91.9 cm³/mol. The molecule has 1 aliphatic heterocycles. The number of benzene rings is 2. The normalized spacial score (nSPS) is 13.2. The van der Waals surface area contributed by atoms with Crippen molar-refractivity contribution in [3.8, 4) is 5.75 Å². The highest BCUT2D eigenvalue weighted by Gasteiger charge is 2.26. The van der Waals surface area contributed by atoms with Crippen molar-refractivity contribution >= 4 is 17.5 Å². The highest BCUT2D eigenvalue weighted by Crippen LogP contribution is 2.25. The van der Waals surface area contributed by atoms with Crippen LogP contribution in [0, 0.1) is 6.92 Å². The van der Waals surface area contributed by atoms with Gasteiger partial charge in [-0.3, -0.25) is 9.59 Å². The molecule has 0 bridgehead atoms. The van der Waals surface area contributed by atoms with Crippen LogP contribution in [0.1, 0.15) is 16.7 Å². The quantitative estimate of drug-likeness (QED) is 0.864. The summed E-state index contributed by atoms with van der Waals surface area (Å²) in [5.41, 5.74) is 3.82. The summed E-state index contributed by atoms with van der Waals surface area (Å²) in [4.78, 5) is 26.4. The van der Waals surface area contributed by atoms with E-state index in [1.54, 1.807) is 17.0 Å². The van der Waals surface area contributed by atoms with Crippen molar-refractivity contribution in [3.05, 3.63) is 59.2 Å². The molecule has 3 rings (SSSR count). The molecule has 0 fully saturated rings. The third-order valence-electron chi connectivity index (χ3n) is 4.22. The average molecular weight is 324 g/mol. The average Bonchev–Trinajstić information content (AvgIpc) is 2.61. The van der Waals surface area contributed by atoms with E-state index < -0.39 is 11.8 Å². The highest BCUT2D eigenvalue weighted by molar-refractivity contribution is 6.39. The van der Waals surface area contributed by atoms with Gasteiger partial charge in [0.05, 0.1) is 12.8 Å². The lowest BCUT2D eigenvalue weighted by Gasteiger charge is -2.28. The smallest absolute Gasteiger partial charge is 0.314 e. The maximum atomic E-state index is 12.5. The molecule has 0 radical (unpaired) electrons. The van der Waals surface area contributed by atoms with E-state index in [4.69, 9.17) is 4.74 Å². The molecule has 2 aromatic rings. The number of hydrogen-bond donors (Lipinski definition) is 1. The van der Waals surface area contributed by atoms with Crippen LogP contribution in [0.5, 0.6) is 5.75 Å². The summed E-state index contributed by atoms with van der Waals surface area (Å²) < 4.78 is 5.23. The van der Waals surface area contributed by atoms with Gasteiger partial charge in [-0.1, -0.05) is 30.3 Å². The van der Waals surface area contributed by atoms with Crippen LogP contribution in [-0.2, 0) is 22.6 Å². The minimum absolute atomic E-state index is 0.466. The molecule has 124 valence electrons. The Bertz CT molecular complexity index is 786. The summed E-state index contributed by atoms with van der Waals surface area (Å²) in [6, 6.07) is 13.4. The first-order valence-corrected chi connectivity index (χ1v) is 7.90. The SMILES string of the molecule is COc1ccc(C)cc1NC(=O)C(=O)N1CCc2ccccc2C1. The molecule has 0 aromatic heterocycles. The Morgan fingerprint density at radius 2 is 1.88 bits per heavy atom. The van der Waals surface area contributed by atoms with Crippen molar-refractivity contribution < 1.29 is 14.3 Å². The van der Waals surface area contributed by atoms with Gasteiger partial charge in [0.25, 0.3) is 0 Å². The summed E-state index contributed by atoms with van der Waals surface area (Å²) in [6.45, 7) is 2.93. The maximum absolute atomic E-state index is 12.5. The van der Waals surface area contributed by atoms with Crippen molar-refractivity contribution in [1.29, 1.82) is 0 Å². The summed E-state index contributed by atoms with van der Waals surface area (Å²) >= 11 is 0. The lowest BCUT2D eigenvalue weighted by molar-refractivity contribution is -0.143. The monoisotopic (exact) mass is 324 g/mol. The van der Waals surface area contributed by atoms with Crippen molar-refractivity contribution in [2.45, 2.75) is 19.9 Å². The zero-order valence-corrected chi connectivity index (χ0v) is 13.8. The van der Waals surface area contributed by atoms with Crippen molar-refractivity contribution in [1.82, 2.24) is 4.90 Å². The molecule has 0 unspecified atom stereocenters. The molecule has 1 N–H and O–H groups in total. The maximum Gasteiger partial charge on any atom is 0.314 e. The van der Waals surface area contributed by atoms with Gasteiger partial charge in [-0.2, -0.15) is 0 Å². The molecule has 2 aromatic carbocycles. The number of fused-ring (bicyclic) bond motifs is 1. The number of hydrogen-bond acceptors (Lipinski definition) is 3. The molecule has 0 spiro atoms. The van der Waals surface area contributed by atoms with Gasteiger partial charge in [0.1, 0.15) is 5.75 Å². The van der Waals surface area contributed by atoms with Gasteiger partial charge in [0.2, 0.25) is 0 Å². The number of amides is 2. The van der Waals surface area contributed by atoms with Crippen LogP contribution in [-0.4, -0.2) is 30.4 Å². The largest absolute Gasteiger partial charge is 0.495 e. The molecule has 5 nitrogen and oxygen atoms in total. The Balaban J connectivity index is 1.72. The summed E-state index contributed by atoms with van der Waals surface area (Å²) in [6.07, 6.45) is 0.767. The first kappa shape index (κ1) is 16.1. The number of ether oxygens (including phenoxy) is 1. The molecule has 1 aliphatic rings. The van der Waals surface area contributed by atoms with Crippen molar-refractivity contribution in [3.63, 3.8) is 0 Å². The van der Waals surface area contributed by atoms with Crippen molar-refractivity contribution in [2.75, 3.05) is 19.0 Å². The number of nitrogens with one attached hydrogen (secondary N) is 1. The molecule has 0 saturated carbocycles. The van der Waals surface area contributed by atoms with Crippen LogP contribution in [0.2, 0.25) is 0 Å². The molecular formula is C19H20N2O3. The third-order valence-corrected chi connectivity index (χ3v) is 4.22. The second-order valence-corrected chi connectivity index (χ2v) is 5.90. The minimum Gasteiger partial charge on any atom is -0.495 e. The van der Waals surface area contributed by atoms with Crippen LogP contribution in [0.4, 0.5) is 5.69 Å². The van der Waals surface area contributed by atoms with Crippen LogP contribution < -0.4 is 10.1 Å². The molecule has 5 heteroatoms. The molecule has 0 atom stereocenters. The number of nitrogens with zero attached hydrogens (tertiary/aromatic N) is 1. The zero-order chi connectivity index (χ0) is 17.1. The first-order chi connectivity index (χ1) is 11.6. The minimum atomic E-state index is -0.640. The van der Waals surface area contributed by atoms with E-state index in [9.17, 15) is 9.59 Å². The standard InChI is InChI=1S/C19H20N2O3/c1-13-7-8-17(24-2)16(11-13)20-18(22)19(23)21-10-9-14-5-3-4-6-15(14)12-21/h3-8,11H,9-10,12H2,1-2H3,(H,20,22). The van der Waals surface area contributed by atoms with Gasteiger partial charge in [-0.15, -0.1) is 0 Å². The summed E-state index contributed by atoms with van der Waals surface area (Å²) in [5.74, 6) is -0.628. The van der Waals surface area contributed by atoms with E-state index in [2.05, 4.69) is 11.4 Å². The van der Waals surface area contributed by atoms with Gasteiger partial charge < -0.3 is 15.0 Å². The predicted octanol–water partition coefficient (Wildman–Crippen LogP) is 2.53. The second kappa shape index (κ2) is 6.74. The van der Waals surface area contributed by atoms with Crippen LogP contribution in [0.25, 0.3) is 0 Å². The Kier molecular flexibility index (Phi) is 4.51. The van der Waals surface area contributed by atoms with Gasteiger partial charge in [-0.25, -0.2) is 0 Å². The second-order valence-electron chi connectivity index (χ2n) is 5.90. The number of carbonyl (C=O) groups is 2. The Morgan fingerprint density at radius 3 is 2.62 bits per heavy atom. The topological polar surface area (TPSA) is 58.6 Å². The fraction of sp³-hybridized carbons (Fsp3) is 0.263. The molecule has 1 heterocycles. The molecular weight excluding hydrogens is 304 g/mol. The summed E-state index contributed by atoms with van der Waals surface area (Å²) in [7, 11) is 1.53. The Morgan fingerprint density at radius 1 is 1.12 bits per heavy atom. The van der Waals surface area contributed by atoms with Crippen LogP contribution in [0.3, 0.4) is 0 Å². The molecule has 0 aliphatic carbocycles. The molecule has 24 heavy (non-hydrogen) atoms. The van der Waals surface area contributed by atoms with E-state index in [1.165, 1.54) is 12.7 Å². The van der Waals surface area contributed by atoms with E-state index >= 15 is 0 Å². The molecule has 2 amide bonds.